The number of aliphatic hydroxyl groups is 3. The number of aliphatic hydroxyl groups excluding tert-OH is 3. The molecule has 1 aliphatic rings. The van der Waals surface area contributed by atoms with E-state index in [2.05, 4.69) is 4.74 Å². The first kappa shape index (κ1) is 26.6. The SMILES string of the molecule is COC(=O)CCC/C=C\C[C@@H]1[C@@H](/C=C/[C@@H](O)C(Oc2ccccc2)C(=O)OC)[C@H](O)C[C@@H]1O. The van der Waals surface area contributed by atoms with E-state index < -0.39 is 36.3 Å². The number of ether oxygens (including phenoxy) is 3. The minimum Gasteiger partial charge on any atom is -0.476 e. The Morgan fingerprint density at radius 3 is 2.48 bits per heavy atom. The largest absolute Gasteiger partial charge is 0.476 e. The molecule has 1 saturated carbocycles. The summed E-state index contributed by atoms with van der Waals surface area (Å²) in [6.07, 6.45) is 5.35. The predicted octanol–water partition coefficient (Wildman–Crippen LogP) is 2.17. The van der Waals surface area contributed by atoms with Crippen molar-refractivity contribution in [3.63, 3.8) is 0 Å². The van der Waals surface area contributed by atoms with Crippen LogP contribution < -0.4 is 4.74 Å². The first-order chi connectivity index (χ1) is 15.9. The molecule has 1 unspecified atom stereocenters. The van der Waals surface area contributed by atoms with Crippen LogP contribution in [-0.4, -0.2) is 65.9 Å². The average molecular weight is 463 g/mol. The third-order valence-electron chi connectivity index (χ3n) is 5.75. The van der Waals surface area contributed by atoms with Gasteiger partial charge in [-0.2, -0.15) is 0 Å². The molecule has 8 nitrogen and oxygen atoms in total. The molecule has 0 bridgehead atoms. The molecule has 0 spiro atoms. The number of rotatable bonds is 12. The van der Waals surface area contributed by atoms with Crippen LogP contribution in [0.25, 0.3) is 0 Å². The van der Waals surface area contributed by atoms with Crippen LogP contribution in [0.15, 0.2) is 54.6 Å². The van der Waals surface area contributed by atoms with Crippen LogP contribution in [0.3, 0.4) is 0 Å². The molecule has 6 atom stereocenters. The van der Waals surface area contributed by atoms with E-state index in [4.69, 9.17) is 9.47 Å². The zero-order valence-electron chi connectivity index (χ0n) is 19.1. The van der Waals surface area contributed by atoms with Gasteiger partial charge in [0.15, 0.2) is 0 Å². The summed E-state index contributed by atoms with van der Waals surface area (Å²) in [7, 11) is 2.57. The Hall–Kier alpha value is -2.68. The molecular formula is C25H34O8. The average Bonchev–Trinajstić information content (AvgIpc) is 3.09. The number of benzene rings is 1. The number of allylic oxidation sites excluding steroid dienone is 2. The van der Waals surface area contributed by atoms with Crippen molar-refractivity contribution in [3.8, 4) is 5.75 Å². The quantitative estimate of drug-likeness (QED) is 0.245. The molecule has 1 aromatic carbocycles. The fourth-order valence-electron chi connectivity index (χ4n) is 3.91. The van der Waals surface area contributed by atoms with Crippen molar-refractivity contribution in [2.75, 3.05) is 14.2 Å². The van der Waals surface area contributed by atoms with Crippen LogP contribution in [0.5, 0.6) is 5.75 Å². The molecule has 0 aromatic heterocycles. The van der Waals surface area contributed by atoms with Gasteiger partial charge in [0, 0.05) is 18.8 Å². The summed E-state index contributed by atoms with van der Waals surface area (Å²) < 4.78 is 15.0. The maximum Gasteiger partial charge on any atom is 0.350 e. The maximum atomic E-state index is 12.2. The van der Waals surface area contributed by atoms with Gasteiger partial charge in [0.1, 0.15) is 11.9 Å². The van der Waals surface area contributed by atoms with Crippen LogP contribution in [-0.2, 0) is 19.1 Å². The predicted molar refractivity (Wildman–Crippen MR) is 121 cm³/mol. The lowest BCUT2D eigenvalue weighted by Crippen LogP contribution is -2.39. The molecule has 1 aromatic rings. The van der Waals surface area contributed by atoms with Crippen molar-refractivity contribution in [3.05, 3.63) is 54.6 Å². The van der Waals surface area contributed by atoms with E-state index in [1.54, 1.807) is 36.4 Å². The standard InChI is InChI=1S/C25H34O8/c1-31-23(29)13-9-4-3-8-12-18-19(22(28)16-21(18)27)14-15-20(26)24(25(30)32-2)33-17-10-6-5-7-11-17/h3,5-8,10-11,14-15,18-22,24,26-28H,4,9,12-13,16H2,1-2H3/b8-3-,15-14+/t18-,19-,20-,21+,22-,24?/m1/s1. The number of hydrogen-bond donors (Lipinski definition) is 3. The smallest absolute Gasteiger partial charge is 0.350 e. The Balaban J connectivity index is 1.99. The Morgan fingerprint density at radius 2 is 1.82 bits per heavy atom. The van der Waals surface area contributed by atoms with Gasteiger partial charge in [-0.05, 0) is 37.3 Å². The summed E-state index contributed by atoms with van der Waals surface area (Å²) in [6.45, 7) is 0. The second-order valence-corrected chi connectivity index (χ2v) is 8.04. The van der Waals surface area contributed by atoms with E-state index in [-0.39, 0.29) is 18.3 Å². The first-order valence-electron chi connectivity index (χ1n) is 11.1. The molecule has 2 rings (SSSR count). The maximum absolute atomic E-state index is 12.2. The van der Waals surface area contributed by atoms with Gasteiger partial charge in [0.25, 0.3) is 0 Å². The van der Waals surface area contributed by atoms with E-state index in [0.29, 0.717) is 31.4 Å². The Bertz CT molecular complexity index is 791. The number of unbranched alkanes of at least 4 members (excludes halogenated alkanes) is 1. The van der Waals surface area contributed by atoms with Gasteiger partial charge in [-0.1, -0.05) is 42.5 Å². The van der Waals surface area contributed by atoms with Crippen LogP contribution in [0.4, 0.5) is 0 Å². The number of hydrogen-bond acceptors (Lipinski definition) is 8. The van der Waals surface area contributed by atoms with E-state index in [9.17, 15) is 24.9 Å². The van der Waals surface area contributed by atoms with Crippen molar-refractivity contribution in [2.24, 2.45) is 11.8 Å². The van der Waals surface area contributed by atoms with Gasteiger partial charge in [0.2, 0.25) is 6.10 Å². The highest BCUT2D eigenvalue weighted by Crippen LogP contribution is 2.36. The van der Waals surface area contributed by atoms with E-state index >= 15 is 0 Å². The first-order valence-corrected chi connectivity index (χ1v) is 11.1. The summed E-state index contributed by atoms with van der Waals surface area (Å²) in [4.78, 5) is 23.3. The Kier molecular flexibility index (Phi) is 11.1. The lowest BCUT2D eigenvalue weighted by molar-refractivity contribution is -0.152. The van der Waals surface area contributed by atoms with Gasteiger partial charge >= 0.3 is 11.9 Å². The number of carbonyl (C=O) groups excluding carboxylic acids is 2. The minimum absolute atomic E-state index is 0.229. The normalized spacial score (nSPS) is 24.6. The highest BCUT2D eigenvalue weighted by molar-refractivity contribution is 5.76. The summed E-state index contributed by atoms with van der Waals surface area (Å²) in [5, 5.41) is 31.4. The Labute approximate surface area is 194 Å². The molecule has 3 N–H and O–H groups in total. The van der Waals surface area contributed by atoms with E-state index in [0.717, 1.165) is 0 Å². The number of esters is 2. The zero-order chi connectivity index (χ0) is 24.2. The molecule has 33 heavy (non-hydrogen) atoms. The summed E-state index contributed by atoms with van der Waals surface area (Å²) in [6, 6.07) is 8.62. The summed E-state index contributed by atoms with van der Waals surface area (Å²) in [5.74, 6) is -1.21. The molecule has 0 amide bonds. The zero-order valence-corrected chi connectivity index (χ0v) is 19.1. The summed E-state index contributed by atoms with van der Waals surface area (Å²) >= 11 is 0. The molecule has 0 saturated heterocycles. The van der Waals surface area contributed by atoms with Crippen molar-refractivity contribution < 1.29 is 39.1 Å². The summed E-state index contributed by atoms with van der Waals surface area (Å²) in [5.41, 5.74) is 0. The molecular weight excluding hydrogens is 428 g/mol. The van der Waals surface area contributed by atoms with Crippen LogP contribution in [0.1, 0.15) is 32.1 Å². The van der Waals surface area contributed by atoms with Crippen molar-refractivity contribution in [1.29, 1.82) is 0 Å². The number of carbonyl (C=O) groups is 2. The fraction of sp³-hybridized carbons (Fsp3) is 0.520. The molecule has 0 radical (unpaired) electrons. The molecule has 182 valence electrons. The second kappa shape index (κ2) is 13.8. The molecule has 8 heteroatoms. The molecule has 0 heterocycles. The van der Waals surface area contributed by atoms with Crippen molar-refractivity contribution in [2.45, 2.75) is 56.5 Å². The lowest BCUT2D eigenvalue weighted by atomic mass is 9.89. The fourth-order valence-corrected chi connectivity index (χ4v) is 3.91. The van der Waals surface area contributed by atoms with E-state index in [1.807, 2.05) is 12.2 Å². The highest BCUT2D eigenvalue weighted by atomic mass is 16.6. The lowest BCUT2D eigenvalue weighted by Gasteiger charge is -2.22. The van der Waals surface area contributed by atoms with Crippen LogP contribution >= 0.6 is 0 Å². The number of methoxy groups -OCH3 is 2. The molecule has 1 fully saturated rings. The van der Waals surface area contributed by atoms with Gasteiger partial charge in [-0.3, -0.25) is 4.79 Å². The second-order valence-electron chi connectivity index (χ2n) is 8.04. The van der Waals surface area contributed by atoms with Crippen molar-refractivity contribution in [1.82, 2.24) is 0 Å². The highest BCUT2D eigenvalue weighted by Gasteiger charge is 2.40. The van der Waals surface area contributed by atoms with Gasteiger partial charge < -0.3 is 29.5 Å². The van der Waals surface area contributed by atoms with Crippen molar-refractivity contribution >= 4 is 11.9 Å². The van der Waals surface area contributed by atoms with Gasteiger partial charge in [-0.15, -0.1) is 0 Å². The third kappa shape index (κ3) is 8.31. The molecule has 0 aliphatic heterocycles. The van der Waals surface area contributed by atoms with Crippen LogP contribution in [0, 0.1) is 11.8 Å². The Morgan fingerprint density at radius 1 is 1.09 bits per heavy atom. The topological polar surface area (TPSA) is 123 Å². The third-order valence-corrected chi connectivity index (χ3v) is 5.75. The van der Waals surface area contributed by atoms with Crippen LogP contribution in [0.2, 0.25) is 0 Å². The van der Waals surface area contributed by atoms with Gasteiger partial charge in [-0.25, -0.2) is 4.79 Å². The molecule has 1 aliphatic carbocycles. The van der Waals surface area contributed by atoms with E-state index in [1.165, 1.54) is 20.3 Å². The number of para-hydroxylation sites is 1. The minimum atomic E-state index is -1.31. The monoisotopic (exact) mass is 462 g/mol. The van der Waals surface area contributed by atoms with Gasteiger partial charge in [0.05, 0.1) is 26.4 Å².